The van der Waals surface area contributed by atoms with Crippen LogP contribution in [-0.4, -0.2) is 30.3 Å². The van der Waals surface area contributed by atoms with E-state index in [1.165, 1.54) is 6.92 Å². The lowest BCUT2D eigenvalue weighted by Crippen LogP contribution is -2.14. The lowest BCUT2D eigenvalue weighted by atomic mass is 10.0. The zero-order valence-corrected chi connectivity index (χ0v) is 12.2. The highest BCUT2D eigenvalue weighted by Gasteiger charge is 2.13. The van der Waals surface area contributed by atoms with Crippen LogP contribution < -0.4 is 0 Å². The second-order valence-corrected chi connectivity index (χ2v) is 4.73. The van der Waals surface area contributed by atoms with E-state index < -0.39 is 11.9 Å². The van der Waals surface area contributed by atoms with E-state index in [1.807, 2.05) is 0 Å². The Kier molecular flexibility index (Phi) is 4.78. The number of aromatic hydroxyl groups is 1. The van der Waals surface area contributed by atoms with Crippen molar-refractivity contribution in [3.05, 3.63) is 54.1 Å². The van der Waals surface area contributed by atoms with Crippen molar-refractivity contribution in [1.29, 1.82) is 0 Å². The molecule has 114 valence electrons. The molecular formula is C17H16O5. The first-order chi connectivity index (χ1) is 10.5. The smallest absolute Gasteiger partial charge is 0.338 e. The van der Waals surface area contributed by atoms with Gasteiger partial charge in [-0.2, -0.15) is 0 Å². The first-order valence-corrected chi connectivity index (χ1v) is 6.71. The molecule has 0 unspecified atom stereocenters. The van der Waals surface area contributed by atoms with Crippen LogP contribution >= 0.6 is 0 Å². The fourth-order valence-corrected chi connectivity index (χ4v) is 1.94. The Morgan fingerprint density at radius 3 is 2.41 bits per heavy atom. The molecule has 22 heavy (non-hydrogen) atoms. The van der Waals surface area contributed by atoms with E-state index in [-0.39, 0.29) is 24.5 Å². The average molecular weight is 300 g/mol. The first kappa shape index (κ1) is 15.6. The van der Waals surface area contributed by atoms with Gasteiger partial charge in [-0.05, 0) is 24.4 Å². The molecule has 0 heterocycles. The largest absolute Gasteiger partial charge is 0.507 e. The summed E-state index contributed by atoms with van der Waals surface area (Å²) in [7, 11) is 0. The molecule has 0 spiro atoms. The van der Waals surface area contributed by atoms with Gasteiger partial charge in [0.2, 0.25) is 0 Å². The maximum atomic E-state index is 12.1. The maximum absolute atomic E-state index is 12.1. The molecule has 2 aromatic carbocycles. The molecule has 0 aliphatic carbocycles. The summed E-state index contributed by atoms with van der Waals surface area (Å²) in [4.78, 5) is 23.3. The van der Waals surface area contributed by atoms with Crippen molar-refractivity contribution < 1.29 is 24.2 Å². The highest BCUT2D eigenvalue weighted by atomic mass is 16.6. The van der Waals surface area contributed by atoms with Crippen molar-refractivity contribution >= 4 is 22.7 Å². The van der Waals surface area contributed by atoms with Gasteiger partial charge in [-0.3, -0.25) is 0 Å². The van der Waals surface area contributed by atoms with E-state index in [0.717, 1.165) is 0 Å². The monoisotopic (exact) mass is 300 g/mol. The zero-order chi connectivity index (χ0) is 16.1. The van der Waals surface area contributed by atoms with Crippen LogP contribution in [0.25, 0.3) is 10.8 Å². The van der Waals surface area contributed by atoms with E-state index in [1.54, 1.807) is 36.4 Å². The third kappa shape index (κ3) is 3.44. The minimum Gasteiger partial charge on any atom is -0.507 e. The number of rotatable bonds is 5. The molecule has 0 radical (unpaired) electrons. The van der Waals surface area contributed by atoms with Crippen molar-refractivity contribution in [2.75, 3.05) is 13.2 Å². The van der Waals surface area contributed by atoms with Gasteiger partial charge in [-0.1, -0.05) is 30.8 Å². The molecule has 0 bridgehead atoms. The summed E-state index contributed by atoms with van der Waals surface area (Å²) in [6.45, 7) is 4.91. The van der Waals surface area contributed by atoms with Crippen molar-refractivity contribution in [3.8, 4) is 5.75 Å². The molecule has 5 heteroatoms. The molecule has 0 saturated heterocycles. The number of hydrogen-bond donors (Lipinski definition) is 1. The SMILES string of the molecule is C=C(C)C(=O)OCCOC(=O)c1cccc2c(O)cccc12. The minimum atomic E-state index is -0.539. The quantitative estimate of drug-likeness (QED) is 0.522. The lowest BCUT2D eigenvalue weighted by molar-refractivity contribution is -0.140. The molecule has 1 N–H and O–H groups in total. The van der Waals surface area contributed by atoms with Crippen molar-refractivity contribution in [3.63, 3.8) is 0 Å². The second-order valence-electron chi connectivity index (χ2n) is 4.73. The summed E-state index contributed by atoms with van der Waals surface area (Å²) >= 11 is 0. The van der Waals surface area contributed by atoms with Gasteiger partial charge in [0.05, 0.1) is 5.56 Å². The van der Waals surface area contributed by atoms with Crippen LogP contribution in [0.15, 0.2) is 48.6 Å². The van der Waals surface area contributed by atoms with Crippen LogP contribution in [0.5, 0.6) is 5.75 Å². The van der Waals surface area contributed by atoms with Crippen LogP contribution in [-0.2, 0) is 14.3 Å². The molecule has 5 nitrogen and oxygen atoms in total. The molecular weight excluding hydrogens is 284 g/mol. The van der Waals surface area contributed by atoms with Gasteiger partial charge in [0.25, 0.3) is 0 Å². The van der Waals surface area contributed by atoms with E-state index in [9.17, 15) is 14.7 Å². The molecule has 0 aliphatic heterocycles. The van der Waals surface area contributed by atoms with E-state index in [0.29, 0.717) is 16.3 Å². The number of ether oxygens (including phenoxy) is 2. The summed E-state index contributed by atoms with van der Waals surface area (Å²) in [5.74, 6) is -0.962. The molecule has 0 atom stereocenters. The fourth-order valence-electron chi connectivity index (χ4n) is 1.94. The number of esters is 2. The highest BCUT2D eigenvalue weighted by Crippen LogP contribution is 2.27. The van der Waals surface area contributed by atoms with Crippen LogP contribution in [0.3, 0.4) is 0 Å². The third-order valence-electron chi connectivity index (χ3n) is 3.02. The Morgan fingerprint density at radius 1 is 1.05 bits per heavy atom. The summed E-state index contributed by atoms with van der Waals surface area (Å²) < 4.78 is 9.92. The normalized spacial score (nSPS) is 10.2. The minimum absolute atomic E-state index is 0.0343. The third-order valence-corrected chi connectivity index (χ3v) is 3.02. The van der Waals surface area contributed by atoms with E-state index in [2.05, 4.69) is 6.58 Å². The van der Waals surface area contributed by atoms with Gasteiger partial charge in [-0.25, -0.2) is 9.59 Å². The molecule has 0 aromatic heterocycles. The first-order valence-electron chi connectivity index (χ1n) is 6.71. The molecule has 0 saturated carbocycles. The van der Waals surface area contributed by atoms with Crippen LogP contribution in [0.2, 0.25) is 0 Å². The average Bonchev–Trinajstić information content (AvgIpc) is 2.51. The van der Waals surface area contributed by atoms with Gasteiger partial charge in [0.1, 0.15) is 19.0 Å². The highest BCUT2D eigenvalue weighted by molar-refractivity contribution is 6.06. The molecule has 0 amide bonds. The molecule has 2 aromatic rings. The number of phenols is 1. The van der Waals surface area contributed by atoms with E-state index >= 15 is 0 Å². The maximum Gasteiger partial charge on any atom is 0.338 e. The summed E-state index contributed by atoms with van der Waals surface area (Å²) in [5.41, 5.74) is 0.635. The van der Waals surface area contributed by atoms with Crippen molar-refractivity contribution in [2.24, 2.45) is 0 Å². The van der Waals surface area contributed by atoms with Gasteiger partial charge < -0.3 is 14.6 Å². The number of phenolic OH excluding ortho intramolecular Hbond substituents is 1. The lowest BCUT2D eigenvalue weighted by Gasteiger charge is -2.09. The number of fused-ring (bicyclic) bond motifs is 1. The van der Waals surface area contributed by atoms with Crippen molar-refractivity contribution in [1.82, 2.24) is 0 Å². The van der Waals surface area contributed by atoms with Crippen LogP contribution in [0, 0.1) is 0 Å². The summed E-state index contributed by atoms with van der Waals surface area (Å²) in [6, 6.07) is 9.93. The van der Waals surface area contributed by atoms with Gasteiger partial charge in [-0.15, -0.1) is 0 Å². The number of carbonyl (C=O) groups excluding carboxylic acids is 2. The standard InChI is InChI=1S/C17H16O5/c1-11(2)16(19)21-9-10-22-17(20)14-7-3-6-13-12(14)5-4-8-15(13)18/h3-8,18H,1,9-10H2,2H3. The zero-order valence-electron chi connectivity index (χ0n) is 12.2. The van der Waals surface area contributed by atoms with Crippen molar-refractivity contribution in [2.45, 2.75) is 6.92 Å². The fraction of sp³-hybridized carbons (Fsp3) is 0.176. The van der Waals surface area contributed by atoms with Gasteiger partial charge in [0.15, 0.2) is 0 Å². The predicted molar refractivity (Wildman–Crippen MR) is 81.7 cm³/mol. The summed E-state index contributed by atoms with van der Waals surface area (Å²) in [6.07, 6.45) is 0. The van der Waals surface area contributed by atoms with Gasteiger partial charge in [0, 0.05) is 11.0 Å². The molecule has 2 rings (SSSR count). The topological polar surface area (TPSA) is 72.8 Å². The number of carbonyl (C=O) groups is 2. The van der Waals surface area contributed by atoms with Crippen LogP contribution in [0.4, 0.5) is 0 Å². The number of benzene rings is 2. The van der Waals surface area contributed by atoms with E-state index in [4.69, 9.17) is 9.47 Å². The Balaban J connectivity index is 2.03. The van der Waals surface area contributed by atoms with Gasteiger partial charge >= 0.3 is 11.9 Å². The molecule has 0 aliphatic rings. The molecule has 0 fully saturated rings. The Morgan fingerprint density at radius 2 is 1.68 bits per heavy atom. The second kappa shape index (κ2) is 6.76. The Labute approximate surface area is 127 Å². The van der Waals surface area contributed by atoms with Crippen LogP contribution in [0.1, 0.15) is 17.3 Å². The predicted octanol–water partition coefficient (Wildman–Crippen LogP) is 2.82. The number of hydrogen-bond acceptors (Lipinski definition) is 5. The summed E-state index contributed by atoms with van der Waals surface area (Å²) in [5, 5.41) is 11.0. The Hall–Kier alpha value is -2.82. The Bertz CT molecular complexity index is 733.